The summed E-state index contributed by atoms with van der Waals surface area (Å²) in [6, 6.07) is 5.45. The van der Waals surface area contributed by atoms with E-state index in [1.54, 1.807) is 0 Å². The largest absolute Gasteiger partial charge is 0.481 e. The van der Waals surface area contributed by atoms with Crippen molar-refractivity contribution in [3.05, 3.63) is 35.5 Å². The molecule has 2 atom stereocenters. The lowest BCUT2D eigenvalue weighted by Gasteiger charge is -2.26. The molecule has 3 rings (SSSR count). The molecule has 0 saturated carbocycles. The molecule has 2 heterocycles. The van der Waals surface area contributed by atoms with Crippen LogP contribution in [-0.4, -0.2) is 71.9 Å². The van der Waals surface area contributed by atoms with E-state index in [1.807, 2.05) is 59.3 Å². The minimum Gasteiger partial charge on any atom is -0.481 e. The van der Waals surface area contributed by atoms with Crippen LogP contribution in [-0.2, 0) is 25.5 Å². The number of carboxylic acids is 1. The monoisotopic (exact) mass is 447 g/mol. The van der Waals surface area contributed by atoms with Crippen molar-refractivity contribution < 1.29 is 29.0 Å². The van der Waals surface area contributed by atoms with Crippen LogP contribution in [0.1, 0.15) is 44.7 Å². The molecular weight excluding hydrogens is 414 g/mol. The van der Waals surface area contributed by atoms with E-state index in [2.05, 4.69) is 15.2 Å². The first-order chi connectivity index (χ1) is 14.9. The van der Waals surface area contributed by atoms with Crippen LogP contribution in [0, 0.1) is 0 Å². The van der Waals surface area contributed by atoms with Gasteiger partial charge in [0.25, 0.3) is 5.97 Å². The first-order valence-corrected chi connectivity index (χ1v) is 10.5. The Bertz CT molecular complexity index is 956. The zero-order chi connectivity index (χ0) is 24.1. The van der Waals surface area contributed by atoms with Gasteiger partial charge in [0.1, 0.15) is 18.1 Å². The molecule has 0 bridgehead atoms. The number of fused-ring (bicyclic) bond motifs is 1. The third-order valence-corrected chi connectivity index (χ3v) is 4.74. The number of hydrogen-bond acceptors (Lipinski definition) is 6. The number of carbonyl (C=O) groups is 3. The number of likely N-dealkylation sites (N-methyl/N-ethyl adjacent to an activating group) is 1. The molecule has 1 amide bonds. The van der Waals surface area contributed by atoms with Crippen molar-refractivity contribution in [2.24, 2.45) is 0 Å². The summed E-state index contributed by atoms with van der Waals surface area (Å²) in [5.41, 5.74) is 2.41. The number of carbonyl (C=O) groups excluding carboxylic acids is 2. The molecule has 0 spiro atoms. The highest BCUT2D eigenvalue weighted by Gasteiger charge is 2.38. The van der Waals surface area contributed by atoms with Crippen molar-refractivity contribution >= 4 is 28.9 Å². The highest BCUT2D eigenvalue weighted by molar-refractivity contribution is 5.87. The van der Waals surface area contributed by atoms with Crippen molar-refractivity contribution in [3.8, 4) is 0 Å². The summed E-state index contributed by atoms with van der Waals surface area (Å²) >= 11 is 0. The van der Waals surface area contributed by atoms with Crippen molar-refractivity contribution in [2.45, 2.75) is 51.7 Å². The summed E-state index contributed by atoms with van der Waals surface area (Å²) in [6.45, 7) is 7.65. The molecular formula is C23H33N3O6. The van der Waals surface area contributed by atoms with E-state index in [0.717, 1.165) is 36.4 Å². The molecule has 9 heteroatoms. The van der Waals surface area contributed by atoms with Crippen LogP contribution in [0.25, 0.3) is 10.9 Å². The number of esters is 1. The number of alkyl carbamates (subject to hydrolysis) is 1. The number of cyclic esters (lactones) is 1. The Balaban J connectivity index is 0.000000837. The number of benzene rings is 1. The molecule has 9 nitrogen and oxygen atoms in total. The van der Waals surface area contributed by atoms with Gasteiger partial charge in [-0.2, -0.15) is 0 Å². The number of rotatable bonds is 6. The Labute approximate surface area is 188 Å². The lowest BCUT2D eigenvalue weighted by Crippen LogP contribution is -2.40. The number of aliphatic carboxylic acids is 1. The van der Waals surface area contributed by atoms with Gasteiger partial charge in [-0.15, -0.1) is 0 Å². The second-order valence-corrected chi connectivity index (χ2v) is 9.05. The summed E-state index contributed by atoms with van der Waals surface area (Å²) in [5, 5.41) is 11.2. The SMILES string of the molecule is CC(=O)O.CN(C)CCc1c[nH]c2ccc(C(C(=O)OC(C)(C)C)C3COC(=O)N3)cc12. The number of carboxylic acid groups (broad SMARTS) is 1. The van der Waals surface area contributed by atoms with Gasteiger partial charge >= 0.3 is 12.1 Å². The highest BCUT2D eigenvalue weighted by Crippen LogP contribution is 2.30. The van der Waals surface area contributed by atoms with Gasteiger partial charge in [-0.3, -0.25) is 9.59 Å². The van der Waals surface area contributed by atoms with Gasteiger partial charge in [0.2, 0.25) is 0 Å². The standard InChI is InChI=1S/C21H29N3O4.C2H4O2/c1-21(2,3)28-19(25)18(17-12-27-20(26)23-17)13-6-7-16-15(10-13)14(11-22-16)8-9-24(4)5;1-2(3)4/h6-7,10-11,17-18,22H,8-9,12H2,1-5H3,(H,23,26);1H3,(H,3,4). The number of nitrogens with one attached hydrogen (secondary N) is 2. The van der Waals surface area contributed by atoms with Crippen LogP contribution in [0.5, 0.6) is 0 Å². The summed E-state index contributed by atoms with van der Waals surface area (Å²) in [6.07, 6.45) is 2.41. The van der Waals surface area contributed by atoms with E-state index in [1.165, 1.54) is 5.56 Å². The second kappa shape index (κ2) is 10.5. The zero-order valence-electron chi connectivity index (χ0n) is 19.5. The predicted molar refractivity (Wildman–Crippen MR) is 121 cm³/mol. The number of H-pyrrole nitrogens is 1. The Morgan fingerprint density at radius 3 is 2.50 bits per heavy atom. The van der Waals surface area contributed by atoms with E-state index in [-0.39, 0.29) is 12.6 Å². The quantitative estimate of drug-likeness (QED) is 0.582. The second-order valence-electron chi connectivity index (χ2n) is 9.05. The lowest BCUT2D eigenvalue weighted by atomic mass is 9.90. The predicted octanol–water partition coefficient (Wildman–Crippen LogP) is 2.90. The highest BCUT2D eigenvalue weighted by atomic mass is 16.6. The van der Waals surface area contributed by atoms with Crippen LogP contribution < -0.4 is 5.32 Å². The molecule has 1 aliphatic rings. The van der Waals surface area contributed by atoms with Gasteiger partial charge in [-0.25, -0.2) is 4.79 Å². The van der Waals surface area contributed by atoms with Crippen molar-refractivity contribution in [1.29, 1.82) is 0 Å². The Kier molecular flexibility index (Phi) is 8.26. The average Bonchev–Trinajstić information content (AvgIpc) is 3.24. The van der Waals surface area contributed by atoms with Crippen LogP contribution in [0.2, 0.25) is 0 Å². The van der Waals surface area contributed by atoms with Crippen LogP contribution in [0.15, 0.2) is 24.4 Å². The molecule has 1 aliphatic heterocycles. The number of aromatic nitrogens is 1. The van der Waals surface area contributed by atoms with Gasteiger partial charge < -0.3 is 29.8 Å². The minimum absolute atomic E-state index is 0.140. The van der Waals surface area contributed by atoms with E-state index in [4.69, 9.17) is 19.4 Å². The van der Waals surface area contributed by atoms with Gasteiger partial charge in [-0.05, 0) is 64.5 Å². The number of ether oxygens (including phenoxy) is 2. The minimum atomic E-state index is -0.833. The zero-order valence-corrected chi connectivity index (χ0v) is 19.5. The lowest BCUT2D eigenvalue weighted by molar-refractivity contribution is -0.157. The molecule has 1 aromatic heterocycles. The number of hydrogen-bond donors (Lipinski definition) is 3. The number of aromatic amines is 1. The van der Waals surface area contributed by atoms with Crippen LogP contribution in [0.4, 0.5) is 4.79 Å². The fraction of sp³-hybridized carbons (Fsp3) is 0.522. The molecule has 0 radical (unpaired) electrons. The summed E-state index contributed by atoms with van der Waals surface area (Å²) < 4.78 is 10.7. The van der Waals surface area contributed by atoms with Crippen LogP contribution >= 0.6 is 0 Å². The Morgan fingerprint density at radius 2 is 1.97 bits per heavy atom. The molecule has 0 aliphatic carbocycles. The summed E-state index contributed by atoms with van der Waals surface area (Å²) in [4.78, 5) is 39.0. The fourth-order valence-corrected chi connectivity index (χ4v) is 3.42. The van der Waals surface area contributed by atoms with E-state index >= 15 is 0 Å². The normalized spacial score (nSPS) is 16.7. The first kappa shape index (κ1) is 25.2. The first-order valence-electron chi connectivity index (χ1n) is 10.5. The maximum Gasteiger partial charge on any atom is 0.407 e. The van der Waals surface area contributed by atoms with E-state index < -0.39 is 29.6 Å². The Morgan fingerprint density at radius 1 is 1.31 bits per heavy atom. The molecule has 3 N–H and O–H groups in total. The topological polar surface area (TPSA) is 121 Å². The van der Waals surface area contributed by atoms with E-state index in [9.17, 15) is 9.59 Å². The molecule has 1 aromatic carbocycles. The summed E-state index contributed by atoms with van der Waals surface area (Å²) in [7, 11) is 4.09. The molecule has 2 unspecified atom stereocenters. The summed E-state index contributed by atoms with van der Waals surface area (Å²) in [5.74, 6) is -1.83. The third-order valence-electron chi connectivity index (χ3n) is 4.74. The molecule has 2 aromatic rings. The number of nitrogens with zero attached hydrogens (tertiary/aromatic N) is 1. The van der Waals surface area contributed by atoms with Crippen molar-refractivity contribution in [2.75, 3.05) is 27.2 Å². The third kappa shape index (κ3) is 7.26. The van der Waals surface area contributed by atoms with Gasteiger partial charge in [0, 0.05) is 30.6 Å². The molecule has 1 fully saturated rings. The van der Waals surface area contributed by atoms with Crippen molar-refractivity contribution in [3.63, 3.8) is 0 Å². The van der Waals surface area contributed by atoms with Crippen molar-refractivity contribution in [1.82, 2.24) is 15.2 Å². The smallest absolute Gasteiger partial charge is 0.407 e. The number of amides is 1. The van der Waals surface area contributed by atoms with Gasteiger partial charge in [-0.1, -0.05) is 6.07 Å². The maximum atomic E-state index is 13.0. The fourth-order valence-electron chi connectivity index (χ4n) is 3.42. The molecule has 176 valence electrons. The maximum absolute atomic E-state index is 13.0. The molecule has 32 heavy (non-hydrogen) atoms. The van der Waals surface area contributed by atoms with Gasteiger partial charge in [0.15, 0.2) is 0 Å². The van der Waals surface area contributed by atoms with E-state index in [0.29, 0.717) is 0 Å². The van der Waals surface area contributed by atoms with Gasteiger partial charge in [0.05, 0.1) is 6.04 Å². The average molecular weight is 448 g/mol. The Hall–Kier alpha value is -3.07. The molecule has 1 saturated heterocycles. The van der Waals surface area contributed by atoms with Crippen LogP contribution in [0.3, 0.4) is 0 Å².